The van der Waals surface area contributed by atoms with Crippen LogP contribution in [0, 0.1) is 18.6 Å². The van der Waals surface area contributed by atoms with Crippen LogP contribution in [0.15, 0.2) is 83.3 Å². The van der Waals surface area contributed by atoms with Gasteiger partial charge in [0, 0.05) is 28.8 Å². The lowest BCUT2D eigenvalue weighted by Gasteiger charge is -2.31. The molecule has 194 valence electrons. The number of unbranched alkanes of at least 4 members (excludes halogenated alkanes) is 1. The van der Waals surface area contributed by atoms with Crippen molar-refractivity contribution in [2.75, 3.05) is 11.4 Å². The van der Waals surface area contributed by atoms with E-state index in [-0.39, 0.29) is 34.3 Å². The fourth-order valence-corrected chi connectivity index (χ4v) is 5.31. The van der Waals surface area contributed by atoms with E-state index in [9.17, 15) is 18.7 Å². The number of allylic oxidation sites excluding steroid dienone is 6. The Balaban J connectivity index is 1.71. The summed E-state index contributed by atoms with van der Waals surface area (Å²) in [5.74, 6) is -0.992. The van der Waals surface area contributed by atoms with Crippen molar-refractivity contribution in [2.45, 2.75) is 65.2 Å². The van der Waals surface area contributed by atoms with Crippen molar-refractivity contribution in [1.82, 2.24) is 0 Å². The molecular formula is C32H35F2NO2. The first kappa shape index (κ1) is 26.6. The summed E-state index contributed by atoms with van der Waals surface area (Å²) in [6, 6.07) is 9.42. The summed E-state index contributed by atoms with van der Waals surface area (Å²) in [7, 11) is 0. The Labute approximate surface area is 218 Å². The fraction of sp³-hybridized carbons (Fsp3) is 0.344. The molecule has 0 aromatic heterocycles. The Bertz CT molecular complexity index is 1390. The molecule has 1 aliphatic carbocycles. The van der Waals surface area contributed by atoms with Crippen LogP contribution in [-0.2, 0) is 15.6 Å². The zero-order chi connectivity index (χ0) is 27.3. The first-order valence-corrected chi connectivity index (χ1v) is 12.8. The van der Waals surface area contributed by atoms with Crippen LogP contribution in [0.4, 0.5) is 14.5 Å². The molecule has 1 heterocycles. The molecular weight excluding hydrogens is 468 g/mol. The Hall–Kier alpha value is -3.47. The lowest BCUT2D eigenvalue weighted by Crippen LogP contribution is -2.30. The summed E-state index contributed by atoms with van der Waals surface area (Å²) in [6.07, 6.45) is 5.27. The molecule has 0 bridgehead atoms. The molecule has 1 aliphatic heterocycles. The molecule has 0 radical (unpaired) electrons. The standard InChI is InChI=1S/C32H35F2NO2/c1-8-9-14-35-27-13-12-22(34)17-26(27)32(6,7)28(35)18-24-29(36)23(30(24)37)15-20(3)31(4,5)25-16-21(33)11-10-19(25)2/h10-13,15-18,36H,3,8-9,14H2,1-2,4-7H3/b23-15+,28-18-. The molecule has 0 saturated carbocycles. The molecule has 2 aromatic carbocycles. The summed E-state index contributed by atoms with van der Waals surface area (Å²) in [4.78, 5) is 15.4. The van der Waals surface area contributed by atoms with Crippen LogP contribution in [0.5, 0.6) is 0 Å². The minimum Gasteiger partial charge on any atom is -0.506 e. The van der Waals surface area contributed by atoms with Crippen LogP contribution in [-0.4, -0.2) is 17.4 Å². The zero-order valence-corrected chi connectivity index (χ0v) is 22.5. The van der Waals surface area contributed by atoms with E-state index in [1.807, 2.05) is 34.6 Å². The van der Waals surface area contributed by atoms with Crippen molar-refractivity contribution in [3.05, 3.63) is 112 Å². The fourth-order valence-electron chi connectivity index (χ4n) is 5.31. The number of aliphatic hydroxyl groups is 1. The molecule has 2 aromatic rings. The summed E-state index contributed by atoms with van der Waals surface area (Å²) in [5.41, 5.74) is 4.16. The van der Waals surface area contributed by atoms with Crippen LogP contribution >= 0.6 is 0 Å². The van der Waals surface area contributed by atoms with Gasteiger partial charge in [-0.25, -0.2) is 8.78 Å². The molecule has 0 unspecified atom stereocenters. The number of aliphatic hydroxyl groups excluding tert-OH is 1. The highest BCUT2D eigenvalue weighted by Crippen LogP contribution is 2.49. The number of hydrogen-bond acceptors (Lipinski definition) is 3. The molecule has 37 heavy (non-hydrogen) atoms. The van der Waals surface area contributed by atoms with E-state index in [0.717, 1.165) is 47.5 Å². The quantitative estimate of drug-likeness (QED) is 0.390. The van der Waals surface area contributed by atoms with E-state index in [1.54, 1.807) is 30.4 Å². The maximum absolute atomic E-state index is 14.1. The van der Waals surface area contributed by atoms with Gasteiger partial charge >= 0.3 is 0 Å². The number of halogens is 2. The average Bonchev–Trinajstić information content (AvgIpc) is 3.05. The molecule has 0 atom stereocenters. The number of anilines is 1. The van der Waals surface area contributed by atoms with Gasteiger partial charge in [0.25, 0.3) is 0 Å². The SMILES string of the molecule is C=C(/C=C1/C(=O)C(/C=C2\N(CCCC)c3ccc(F)cc3C2(C)C)=C1O)C(C)(C)c1cc(F)ccc1C. The molecule has 5 heteroatoms. The summed E-state index contributed by atoms with van der Waals surface area (Å²) >= 11 is 0. The number of fused-ring (bicyclic) bond motifs is 1. The second-order valence-corrected chi connectivity index (χ2v) is 11.1. The first-order chi connectivity index (χ1) is 17.3. The largest absolute Gasteiger partial charge is 0.506 e. The van der Waals surface area contributed by atoms with Gasteiger partial charge in [-0.1, -0.05) is 53.7 Å². The van der Waals surface area contributed by atoms with Gasteiger partial charge in [-0.3, -0.25) is 4.79 Å². The Kier molecular flexibility index (Phi) is 6.78. The second-order valence-electron chi connectivity index (χ2n) is 11.1. The minimum atomic E-state index is -0.649. The van der Waals surface area contributed by atoms with Crippen LogP contribution in [0.2, 0.25) is 0 Å². The average molecular weight is 504 g/mol. The van der Waals surface area contributed by atoms with E-state index in [1.165, 1.54) is 18.2 Å². The monoisotopic (exact) mass is 503 g/mol. The van der Waals surface area contributed by atoms with Crippen molar-refractivity contribution in [1.29, 1.82) is 0 Å². The van der Waals surface area contributed by atoms with Crippen molar-refractivity contribution in [3.63, 3.8) is 0 Å². The third-order valence-electron chi connectivity index (χ3n) is 7.86. The molecule has 0 fully saturated rings. The van der Waals surface area contributed by atoms with E-state index in [2.05, 4.69) is 18.4 Å². The Morgan fingerprint density at radius 1 is 1.14 bits per heavy atom. The number of rotatable bonds is 7. The topological polar surface area (TPSA) is 40.5 Å². The van der Waals surface area contributed by atoms with Gasteiger partial charge in [0.15, 0.2) is 0 Å². The van der Waals surface area contributed by atoms with Gasteiger partial charge in [-0.05, 0) is 78.1 Å². The van der Waals surface area contributed by atoms with E-state index in [4.69, 9.17) is 0 Å². The number of nitrogens with zero attached hydrogens (tertiary/aromatic N) is 1. The van der Waals surface area contributed by atoms with E-state index < -0.39 is 10.8 Å². The lowest BCUT2D eigenvalue weighted by molar-refractivity contribution is -0.113. The molecule has 0 spiro atoms. The highest BCUT2D eigenvalue weighted by atomic mass is 19.1. The molecule has 4 rings (SSSR count). The summed E-state index contributed by atoms with van der Waals surface area (Å²) < 4.78 is 28.1. The minimum absolute atomic E-state index is 0.0845. The zero-order valence-electron chi connectivity index (χ0n) is 22.5. The van der Waals surface area contributed by atoms with Gasteiger partial charge in [-0.2, -0.15) is 0 Å². The van der Waals surface area contributed by atoms with Crippen molar-refractivity contribution < 1.29 is 18.7 Å². The molecule has 0 amide bonds. The first-order valence-electron chi connectivity index (χ1n) is 12.8. The number of Topliss-reactive ketones (excluding diaryl/α,β-unsaturated/α-hetero) is 1. The number of aryl methyl sites for hydroxylation is 1. The predicted molar refractivity (Wildman–Crippen MR) is 146 cm³/mol. The lowest BCUT2D eigenvalue weighted by atomic mass is 9.74. The maximum atomic E-state index is 14.1. The molecule has 2 aliphatic rings. The van der Waals surface area contributed by atoms with Crippen molar-refractivity contribution in [3.8, 4) is 0 Å². The van der Waals surface area contributed by atoms with Crippen LogP contribution in [0.25, 0.3) is 0 Å². The second kappa shape index (κ2) is 9.44. The van der Waals surface area contributed by atoms with Gasteiger partial charge in [0.2, 0.25) is 5.78 Å². The number of ketones is 1. The van der Waals surface area contributed by atoms with E-state index >= 15 is 0 Å². The third kappa shape index (κ3) is 4.45. The highest BCUT2D eigenvalue weighted by molar-refractivity contribution is 6.21. The van der Waals surface area contributed by atoms with E-state index in [0.29, 0.717) is 5.57 Å². The number of carbonyl (C=O) groups is 1. The van der Waals surface area contributed by atoms with Gasteiger partial charge in [-0.15, -0.1) is 0 Å². The van der Waals surface area contributed by atoms with Crippen molar-refractivity contribution in [2.24, 2.45) is 0 Å². The highest BCUT2D eigenvalue weighted by Gasteiger charge is 2.42. The normalized spacial score (nSPS) is 19.0. The molecule has 3 nitrogen and oxygen atoms in total. The van der Waals surface area contributed by atoms with Crippen LogP contribution in [0.3, 0.4) is 0 Å². The van der Waals surface area contributed by atoms with Gasteiger partial charge < -0.3 is 10.0 Å². The Morgan fingerprint density at radius 2 is 1.78 bits per heavy atom. The number of carbonyl (C=O) groups excluding carboxylic acids is 1. The van der Waals surface area contributed by atoms with Crippen molar-refractivity contribution >= 4 is 11.5 Å². The molecule has 1 N–H and O–H groups in total. The maximum Gasteiger partial charge on any atom is 0.200 e. The number of hydrogen-bond donors (Lipinski definition) is 1. The summed E-state index contributed by atoms with van der Waals surface area (Å²) in [6.45, 7) is 16.8. The van der Waals surface area contributed by atoms with Gasteiger partial charge in [0.1, 0.15) is 17.4 Å². The van der Waals surface area contributed by atoms with Crippen LogP contribution < -0.4 is 4.90 Å². The van der Waals surface area contributed by atoms with Crippen LogP contribution in [0.1, 0.15) is 64.2 Å². The third-order valence-corrected chi connectivity index (χ3v) is 7.86. The smallest absolute Gasteiger partial charge is 0.200 e. The summed E-state index contributed by atoms with van der Waals surface area (Å²) in [5, 5.41) is 10.9. The number of benzene rings is 2. The molecule has 0 saturated heterocycles. The Morgan fingerprint density at radius 3 is 2.43 bits per heavy atom. The predicted octanol–water partition coefficient (Wildman–Crippen LogP) is 7.91. The van der Waals surface area contributed by atoms with Gasteiger partial charge in [0.05, 0.1) is 11.1 Å².